The fourth-order valence-electron chi connectivity index (χ4n) is 5.40. The molecule has 0 spiro atoms. The van der Waals surface area contributed by atoms with Crippen molar-refractivity contribution in [3.8, 4) is 11.8 Å². The Labute approximate surface area is 341 Å². The van der Waals surface area contributed by atoms with Crippen LogP contribution in [-0.2, 0) is 0 Å². The number of ketones is 1. The molecule has 0 aliphatic carbocycles. The molecule has 0 fully saturated rings. The van der Waals surface area contributed by atoms with E-state index in [1.54, 1.807) is 6.92 Å². The van der Waals surface area contributed by atoms with Gasteiger partial charge in [0.2, 0.25) is 0 Å². The Bertz CT molecular complexity index is 1580. The molecule has 1 heterocycles. The number of hydrogen-bond acceptors (Lipinski definition) is 3. The lowest BCUT2D eigenvalue weighted by Gasteiger charge is -2.14. The van der Waals surface area contributed by atoms with Gasteiger partial charge in [-0.05, 0) is 109 Å². The Hall–Kier alpha value is -4.00. The Morgan fingerprint density at radius 1 is 0.855 bits per heavy atom. The number of aromatic nitrogens is 1. The van der Waals surface area contributed by atoms with Crippen LogP contribution >= 0.6 is 0 Å². The van der Waals surface area contributed by atoms with E-state index in [1.807, 2.05) is 65.9 Å². The van der Waals surface area contributed by atoms with Crippen molar-refractivity contribution in [1.29, 1.82) is 0 Å². The average molecular weight is 751 g/mol. The molecule has 3 rings (SSSR count). The summed E-state index contributed by atoms with van der Waals surface area (Å²) in [5, 5.41) is 4.06. The molecule has 0 bridgehead atoms. The Morgan fingerprint density at radius 2 is 1.49 bits per heavy atom. The maximum absolute atomic E-state index is 12.6. The van der Waals surface area contributed by atoms with Crippen LogP contribution in [-0.4, -0.2) is 24.4 Å². The van der Waals surface area contributed by atoms with E-state index in [2.05, 4.69) is 121 Å². The van der Waals surface area contributed by atoms with Crippen molar-refractivity contribution in [2.75, 3.05) is 13.6 Å². The zero-order valence-electron chi connectivity index (χ0n) is 38.1. The molecule has 2 aromatic carbocycles. The lowest BCUT2D eigenvalue weighted by molar-refractivity contribution is 0.101. The van der Waals surface area contributed by atoms with Gasteiger partial charge in [0.25, 0.3) is 0 Å². The normalized spacial score (nSPS) is 10.4. The number of Topliss-reactive ketones (excluding diaryl/α,β-unsaturated/α-hetero) is 1. The number of unbranched alkanes of at least 4 members (excludes halogenated alkanes) is 6. The van der Waals surface area contributed by atoms with Gasteiger partial charge < -0.3 is 5.32 Å². The molecular formula is C52H82N2O. The SMILES string of the molecule is C/C=C(/c1cc(C(C)=O)c2cc(C#CCCCCCCCNC)ccc2n1)c1cc(C)ccc1C.C=C.CC.CC.CC/C=C(\C=C/CCC)CC.CCC. The van der Waals surface area contributed by atoms with Crippen LogP contribution in [0, 0.1) is 25.7 Å². The van der Waals surface area contributed by atoms with Crippen molar-refractivity contribution >= 4 is 22.3 Å². The van der Waals surface area contributed by atoms with Gasteiger partial charge in [0, 0.05) is 28.5 Å². The number of nitrogens with one attached hydrogen (secondary N) is 1. The van der Waals surface area contributed by atoms with Gasteiger partial charge in [0.05, 0.1) is 11.2 Å². The fraction of sp³-hybridized carbons (Fsp3) is 0.500. The number of carbonyl (C=O) groups excluding carboxylic acids is 1. The Kier molecular flexibility index (Phi) is 38.5. The van der Waals surface area contributed by atoms with Gasteiger partial charge >= 0.3 is 0 Å². The molecule has 0 amide bonds. The van der Waals surface area contributed by atoms with E-state index < -0.39 is 0 Å². The van der Waals surface area contributed by atoms with Crippen LogP contribution in [0.1, 0.15) is 185 Å². The second-order valence-corrected chi connectivity index (χ2v) is 12.7. The van der Waals surface area contributed by atoms with Crippen molar-refractivity contribution in [3.05, 3.63) is 119 Å². The largest absolute Gasteiger partial charge is 0.320 e. The third-order valence-electron chi connectivity index (χ3n) is 8.06. The summed E-state index contributed by atoms with van der Waals surface area (Å²) in [5.74, 6) is 6.64. The molecule has 0 atom stereocenters. The average Bonchev–Trinajstić information content (AvgIpc) is 3.21. The number of benzene rings is 2. The molecule has 0 unspecified atom stereocenters. The quantitative estimate of drug-likeness (QED) is 0.0553. The topological polar surface area (TPSA) is 42.0 Å². The minimum atomic E-state index is 0.0402. The van der Waals surface area contributed by atoms with E-state index in [9.17, 15) is 4.79 Å². The first-order valence-electron chi connectivity index (χ1n) is 21.4. The summed E-state index contributed by atoms with van der Waals surface area (Å²) >= 11 is 0. The Morgan fingerprint density at radius 3 is 2.05 bits per heavy atom. The molecule has 3 heteroatoms. The minimum Gasteiger partial charge on any atom is -0.320 e. The van der Waals surface area contributed by atoms with Crippen molar-refractivity contribution in [3.63, 3.8) is 0 Å². The third-order valence-corrected chi connectivity index (χ3v) is 8.06. The van der Waals surface area contributed by atoms with Gasteiger partial charge in [-0.3, -0.25) is 4.79 Å². The van der Waals surface area contributed by atoms with Crippen LogP contribution < -0.4 is 5.32 Å². The highest BCUT2D eigenvalue weighted by Gasteiger charge is 2.15. The van der Waals surface area contributed by atoms with Crippen molar-refractivity contribution < 1.29 is 4.79 Å². The van der Waals surface area contributed by atoms with Crippen molar-refractivity contribution in [1.82, 2.24) is 10.3 Å². The first-order chi connectivity index (χ1) is 26.7. The summed E-state index contributed by atoms with van der Waals surface area (Å²) in [6.45, 7) is 33.8. The maximum Gasteiger partial charge on any atom is 0.160 e. The molecule has 306 valence electrons. The molecule has 0 radical (unpaired) electrons. The molecule has 3 aromatic rings. The van der Waals surface area contributed by atoms with Gasteiger partial charge in [0.1, 0.15) is 0 Å². The standard InChI is InChI=1S/C32H38N2O.C11H20.C3H8.2C2H6.C2H4/c1-6-27(28-20-23(2)15-16-24(28)3)32-22-29(25(4)35)30-21-26(17-18-31(30)34-32)14-12-10-8-7-9-11-13-19-33-5;1-4-7-8-10-11(6-3)9-5-2;1-3-2;3*1-2/h6,15-18,20-22,33H,7-11,13,19H2,1-5H3;8-10H,4-7H2,1-3H3;3H2,1-2H3;2*1-2H3;1-2H2/b27-6+;10-8-,11-9-;;;;. The van der Waals surface area contributed by atoms with E-state index in [0.29, 0.717) is 5.56 Å². The molecule has 0 saturated carbocycles. The van der Waals surface area contributed by atoms with E-state index in [4.69, 9.17) is 4.98 Å². The zero-order chi connectivity index (χ0) is 42.4. The number of nitrogens with zero attached hydrogens (tertiary/aromatic N) is 1. The van der Waals surface area contributed by atoms with Crippen LogP contribution in [0.25, 0.3) is 16.5 Å². The highest BCUT2D eigenvalue weighted by Crippen LogP contribution is 2.30. The van der Waals surface area contributed by atoms with Crippen molar-refractivity contribution in [2.24, 2.45) is 0 Å². The second kappa shape index (κ2) is 38.3. The molecule has 1 aromatic heterocycles. The van der Waals surface area contributed by atoms with Gasteiger partial charge in [-0.15, -0.1) is 13.2 Å². The summed E-state index contributed by atoms with van der Waals surface area (Å²) in [6, 6.07) is 14.4. The van der Waals surface area contributed by atoms with E-state index in [1.165, 1.54) is 61.6 Å². The summed E-state index contributed by atoms with van der Waals surface area (Å²) in [4.78, 5) is 17.6. The number of aryl methyl sites for hydroxylation is 2. The number of rotatable bonds is 15. The maximum atomic E-state index is 12.6. The van der Waals surface area contributed by atoms with Crippen LogP contribution in [0.4, 0.5) is 0 Å². The second-order valence-electron chi connectivity index (χ2n) is 12.7. The summed E-state index contributed by atoms with van der Waals surface area (Å²) in [5.41, 5.74) is 9.35. The smallest absolute Gasteiger partial charge is 0.160 e. The van der Waals surface area contributed by atoms with E-state index >= 15 is 0 Å². The highest BCUT2D eigenvalue weighted by molar-refractivity contribution is 6.07. The van der Waals surface area contributed by atoms with Crippen LogP contribution in [0.5, 0.6) is 0 Å². The first kappa shape index (κ1) is 55.3. The predicted octanol–water partition coefficient (Wildman–Crippen LogP) is 15.8. The fourth-order valence-corrected chi connectivity index (χ4v) is 5.40. The molecule has 0 saturated heterocycles. The lowest BCUT2D eigenvalue weighted by atomic mass is 9.93. The van der Waals surface area contributed by atoms with Gasteiger partial charge in [-0.1, -0.05) is 160 Å². The first-order valence-corrected chi connectivity index (χ1v) is 21.4. The number of pyridine rings is 1. The number of allylic oxidation sites excluding steroid dienone is 5. The molecule has 0 aliphatic heterocycles. The molecule has 3 nitrogen and oxygen atoms in total. The van der Waals surface area contributed by atoms with Gasteiger partial charge in [-0.25, -0.2) is 4.98 Å². The Balaban J connectivity index is -0.00000113. The van der Waals surface area contributed by atoms with Crippen LogP contribution in [0.15, 0.2) is 85.5 Å². The lowest BCUT2D eigenvalue weighted by Crippen LogP contribution is -2.06. The summed E-state index contributed by atoms with van der Waals surface area (Å²) in [7, 11) is 2.00. The monoisotopic (exact) mass is 751 g/mol. The zero-order valence-corrected chi connectivity index (χ0v) is 38.1. The molecular weight excluding hydrogens is 669 g/mol. The molecule has 0 aliphatic rings. The molecule has 1 N–H and O–H groups in total. The van der Waals surface area contributed by atoms with Crippen molar-refractivity contribution in [2.45, 2.75) is 161 Å². The van der Waals surface area contributed by atoms with Gasteiger partial charge in [0.15, 0.2) is 5.78 Å². The molecule has 55 heavy (non-hydrogen) atoms. The van der Waals surface area contributed by atoms with E-state index in [-0.39, 0.29) is 5.78 Å². The third kappa shape index (κ3) is 24.2. The minimum absolute atomic E-state index is 0.0402. The van der Waals surface area contributed by atoms with Gasteiger partial charge in [-0.2, -0.15) is 0 Å². The van der Waals surface area contributed by atoms with Crippen LogP contribution in [0.3, 0.4) is 0 Å². The number of fused-ring (bicyclic) bond motifs is 1. The summed E-state index contributed by atoms with van der Waals surface area (Å²) in [6.07, 6.45) is 22.0. The number of hydrogen-bond donors (Lipinski definition) is 1. The highest BCUT2D eigenvalue weighted by atomic mass is 16.1. The van der Waals surface area contributed by atoms with E-state index in [0.717, 1.165) is 65.5 Å². The number of carbonyl (C=O) groups is 1. The predicted molar refractivity (Wildman–Crippen MR) is 252 cm³/mol. The summed E-state index contributed by atoms with van der Waals surface area (Å²) < 4.78 is 0. The van der Waals surface area contributed by atoms with Crippen LogP contribution in [0.2, 0.25) is 0 Å².